The third-order valence-electron chi connectivity index (χ3n) is 3.58. The molecule has 1 rings (SSSR count). The molecule has 0 saturated carbocycles. The maximum atomic E-state index is 2.38. The van der Waals surface area contributed by atoms with Crippen molar-refractivity contribution in [3.8, 4) is 0 Å². The van der Waals surface area contributed by atoms with Crippen LogP contribution in [-0.4, -0.2) is 0 Å². The zero-order valence-electron chi connectivity index (χ0n) is 10.7. The van der Waals surface area contributed by atoms with Gasteiger partial charge in [0, 0.05) is 0 Å². The monoisotopic (exact) mass is 204 g/mol. The van der Waals surface area contributed by atoms with Crippen molar-refractivity contribution in [2.45, 2.75) is 47.0 Å². The lowest BCUT2D eigenvalue weighted by Crippen LogP contribution is -2.25. The molecule has 1 unspecified atom stereocenters. The van der Waals surface area contributed by atoms with Gasteiger partial charge in [0.25, 0.3) is 0 Å². The minimum Gasteiger partial charge on any atom is -0.0649 e. The van der Waals surface area contributed by atoms with E-state index in [1.165, 1.54) is 12.0 Å². The van der Waals surface area contributed by atoms with Gasteiger partial charge in [0.15, 0.2) is 0 Å². The van der Waals surface area contributed by atoms with E-state index in [4.69, 9.17) is 0 Å². The standard InChI is InChI=1S/C15H24/c1-6-15(4,5)14(12(2)3)13-10-8-7-9-11-13/h7-12,14H,6H2,1-5H3. The molecule has 0 aromatic heterocycles. The second kappa shape index (κ2) is 4.83. The van der Waals surface area contributed by atoms with Gasteiger partial charge in [-0.1, -0.05) is 71.4 Å². The van der Waals surface area contributed by atoms with Gasteiger partial charge in [-0.25, -0.2) is 0 Å². The third-order valence-corrected chi connectivity index (χ3v) is 3.58. The Balaban J connectivity index is 3.04. The van der Waals surface area contributed by atoms with Crippen LogP contribution in [0.4, 0.5) is 0 Å². The van der Waals surface area contributed by atoms with E-state index < -0.39 is 0 Å². The number of hydrogen-bond donors (Lipinski definition) is 0. The first-order chi connectivity index (χ1) is 6.99. The molecule has 0 N–H and O–H groups in total. The number of benzene rings is 1. The van der Waals surface area contributed by atoms with Gasteiger partial charge in [-0.05, 0) is 22.8 Å². The molecule has 0 bridgehead atoms. The SMILES string of the molecule is CCC(C)(C)C(c1ccccc1)C(C)C. The largest absolute Gasteiger partial charge is 0.0649 e. The minimum absolute atomic E-state index is 0.384. The molecular formula is C15H24. The molecule has 0 nitrogen and oxygen atoms in total. The van der Waals surface area contributed by atoms with Crippen molar-refractivity contribution in [3.63, 3.8) is 0 Å². The second-order valence-electron chi connectivity index (χ2n) is 5.47. The van der Waals surface area contributed by atoms with E-state index in [0.717, 1.165) is 0 Å². The molecule has 1 atom stereocenters. The smallest absolute Gasteiger partial charge is 0.00876 e. The molecule has 0 amide bonds. The Kier molecular flexibility index (Phi) is 3.96. The Labute approximate surface area is 94.7 Å². The van der Waals surface area contributed by atoms with Crippen molar-refractivity contribution in [1.29, 1.82) is 0 Å². The minimum atomic E-state index is 0.384. The third kappa shape index (κ3) is 2.84. The van der Waals surface area contributed by atoms with E-state index in [1.807, 2.05) is 0 Å². The van der Waals surface area contributed by atoms with E-state index >= 15 is 0 Å². The Hall–Kier alpha value is -0.780. The van der Waals surface area contributed by atoms with E-state index in [0.29, 0.717) is 17.3 Å². The highest BCUT2D eigenvalue weighted by Crippen LogP contribution is 2.42. The zero-order chi connectivity index (χ0) is 11.5. The highest BCUT2D eigenvalue weighted by Gasteiger charge is 2.31. The highest BCUT2D eigenvalue weighted by molar-refractivity contribution is 5.22. The van der Waals surface area contributed by atoms with Gasteiger partial charge in [-0.2, -0.15) is 0 Å². The van der Waals surface area contributed by atoms with Crippen LogP contribution in [0.1, 0.15) is 52.5 Å². The van der Waals surface area contributed by atoms with E-state index in [9.17, 15) is 0 Å². The summed E-state index contributed by atoms with van der Waals surface area (Å²) in [6, 6.07) is 10.9. The van der Waals surface area contributed by atoms with Gasteiger partial charge < -0.3 is 0 Å². The van der Waals surface area contributed by atoms with Gasteiger partial charge >= 0.3 is 0 Å². The molecule has 0 aliphatic rings. The van der Waals surface area contributed by atoms with E-state index in [2.05, 4.69) is 65.0 Å². The van der Waals surface area contributed by atoms with Crippen molar-refractivity contribution >= 4 is 0 Å². The van der Waals surface area contributed by atoms with Gasteiger partial charge in [-0.3, -0.25) is 0 Å². The highest BCUT2D eigenvalue weighted by atomic mass is 14.4. The fraction of sp³-hybridized carbons (Fsp3) is 0.600. The van der Waals surface area contributed by atoms with Crippen LogP contribution in [0.3, 0.4) is 0 Å². The van der Waals surface area contributed by atoms with Crippen molar-refractivity contribution in [2.24, 2.45) is 11.3 Å². The summed E-state index contributed by atoms with van der Waals surface area (Å²) in [6.07, 6.45) is 1.23. The van der Waals surface area contributed by atoms with Crippen LogP contribution in [0, 0.1) is 11.3 Å². The number of hydrogen-bond acceptors (Lipinski definition) is 0. The Bertz CT molecular complexity index is 282. The predicted molar refractivity (Wildman–Crippen MR) is 68.1 cm³/mol. The summed E-state index contributed by atoms with van der Waals surface area (Å²) in [5.41, 5.74) is 1.87. The maximum Gasteiger partial charge on any atom is -0.00876 e. The van der Waals surface area contributed by atoms with Crippen LogP contribution in [0.5, 0.6) is 0 Å². The lowest BCUT2D eigenvalue weighted by atomic mass is 9.68. The van der Waals surface area contributed by atoms with Crippen LogP contribution in [0.25, 0.3) is 0 Å². The normalized spacial score (nSPS) is 14.3. The van der Waals surface area contributed by atoms with Crippen LogP contribution < -0.4 is 0 Å². The van der Waals surface area contributed by atoms with Crippen molar-refractivity contribution in [2.75, 3.05) is 0 Å². The lowest BCUT2D eigenvalue weighted by Gasteiger charge is -2.37. The van der Waals surface area contributed by atoms with Crippen LogP contribution in [-0.2, 0) is 0 Å². The lowest BCUT2D eigenvalue weighted by molar-refractivity contribution is 0.222. The first-order valence-corrected chi connectivity index (χ1v) is 6.04. The van der Waals surface area contributed by atoms with E-state index in [1.54, 1.807) is 0 Å². The zero-order valence-corrected chi connectivity index (χ0v) is 10.7. The average molecular weight is 204 g/mol. The molecular weight excluding hydrogens is 180 g/mol. The maximum absolute atomic E-state index is 2.38. The Morgan fingerprint density at radius 3 is 2.00 bits per heavy atom. The topological polar surface area (TPSA) is 0 Å². The fourth-order valence-corrected chi connectivity index (χ4v) is 2.62. The number of rotatable bonds is 4. The summed E-state index contributed by atoms with van der Waals surface area (Å²) in [5.74, 6) is 1.35. The Morgan fingerprint density at radius 1 is 1.07 bits per heavy atom. The summed E-state index contributed by atoms with van der Waals surface area (Å²) >= 11 is 0. The molecule has 0 aliphatic carbocycles. The van der Waals surface area contributed by atoms with Crippen LogP contribution in [0.15, 0.2) is 30.3 Å². The molecule has 15 heavy (non-hydrogen) atoms. The molecule has 1 aromatic rings. The first kappa shape index (κ1) is 12.3. The van der Waals surface area contributed by atoms with Gasteiger partial charge in [-0.15, -0.1) is 0 Å². The molecule has 0 saturated heterocycles. The summed E-state index contributed by atoms with van der Waals surface area (Å²) in [6.45, 7) is 11.7. The summed E-state index contributed by atoms with van der Waals surface area (Å²) in [4.78, 5) is 0. The fourth-order valence-electron chi connectivity index (χ4n) is 2.62. The van der Waals surface area contributed by atoms with E-state index in [-0.39, 0.29) is 0 Å². The van der Waals surface area contributed by atoms with Crippen molar-refractivity contribution < 1.29 is 0 Å². The van der Waals surface area contributed by atoms with Gasteiger partial charge in [0.05, 0.1) is 0 Å². The average Bonchev–Trinajstić information content (AvgIpc) is 2.18. The Morgan fingerprint density at radius 2 is 1.60 bits per heavy atom. The predicted octanol–water partition coefficient (Wildman–Crippen LogP) is 4.86. The molecule has 1 aromatic carbocycles. The molecule has 0 aliphatic heterocycles. The van der Waals surface area contributed by atoms with Crippen LogP contribution in [0.2, 0.25) is 0 Å². The molecule has 0 fully saturated rings. The molecule has 0 heterocycles. The quantitative estimate of drug-likeness (QED) is 0.657. The van der Waals surface area contributed by atoms with Crippen molar-refractivity contribution in [3.05, 3.63) is 35.9 Å². The first-order valence-electron chi connectivity index (χ1n) is 6.04. The molecule has 0 spiro atoms. The second-order valence-corrected chi connectivity index (χ2v) is 5.47. The van der Waals surface area contributed by atoms with Gasteiger partial charge in [0.2, 0.25) is 0 Å². The molecule has 0 radical (unpaired) electrons. The summed E-state index contributed by atoms with van der Waals surface area (Å²) in [5, 5.41) is 0. The van der Waals surface area contributed by atoms with Gasteiger partial charge in [0.1, 0.15) is 0 Å². The molecule has 84 valence electrons. The summed E-state index contributed by atoms with van der Waals surface area (Å²) in [7, 11) is 0. The van der Waals surface area contributed by atoms with Crippen LogP contribution >= 0.6 is 0 Å². The van der Waals surface area contributed by atoms with Crippen molar-refractivity contribution in [1.82, 2.24) is 0 Å². The summed E-state index contributed by atoms with van der Waals surface area (Å²) < 4.78 is 0. The molecule has 0 heteroatoms.